The normalized spacial score (nSPS) is 11.8. The second-order valence-corrected chi connectivity index (χ2v) is 7.05. The predicted molar refractivity (Wildman–Crippen MR) is 110 cm³/mol. The van der Waals surface area contributed by atoms with Gasteiger partial charge in [0.1, 0.15) is 6.04 Å². The Morgan fingerprint density at radius 2 is 1.31 bits per heavy atom. The van der Waals surface area contributed by atoms with E-state index in [2.05, 4.69) is 26.6 Å². The molecule has 0 radical (unpaired) electrons. The number of nitrogens with one attached hydrogen (secondary N) is 2. The topological polar surface area (TPSA) is 41.1 Å². The Labute approximate surface area is 162 Å². The third-order valence-electron chi connectivity index (χ3n) is 4.17. The molecule has 3 rings (SSSR count). The first-order valence-electron chi connectivity index (χ1n) is 8.56. The van der Waals surface area contributed by atoms with Crippen molar-refractivity contribution >= 4 is 27.5 Å². The summed E-state index contributed by atoms with van der Waals surface area (Å²) < 4.78 is 1.01. The van der Waals surface area contributed by atoms with Crippen LogP contribution in [0.2, 0.25) is 0 Å². The largest absolute Gasteiger partial charge is 0.374 e. The van der Waals surface area contributed by atoms with Gasteiger partial charge in [-0.2, -0.15) is 0 Å². The van der Waals surface area contributed by atoms with E-state index in [9.17, 15) is 4.79 Å². The monoisotopic (exact) mass is 408 g/mol. The van der Waals surface area contributed by atoms with Crippen LogP contribution in [-0.2, 0) is 4.79 Å². The highest BCUT2D eigenvalue weighted by atomic mass is 79.9. The lowest BCUT2D eigenvalue weighted by atomic mass is 9.98. The van der Waals surface area contributed by atoms with E-state index in [0.29, 0.717) is 0 Å². The first-order chi connectivity index (χ1) is 12.6. The maximum Gasteiger partial charge on any atom is 0.242 e. The lowest BCUT2D eigenvalue weighted by Crippen LogP contribution is -2.40. The smallest absolute Gasteiger partial charge is 0.242 e. The van der Waals surface area contributed by atoms with Gasteiger partial charge in [-0.1, -0.05) is 76.6 Å². The molecule has 3 aromatic rings. The van der Waals surface area contributed by atoms with Gasteiger partial charge in [-0.05, 0) is 42.3 Å². The summed E-state index contributed by atoms with van der Waals surface area (Å²) in [5.41, 5.74) is 3.03. The minimum Gasteiger partial charge on any atom is -0.374 e. The zero-order chi connectivity index (χ0) is 18.4. The SMILES string of the molecule is C[C@H](Nc1ccc(Br)cc1)C(=O)NC(c1ccccc1)c1ccccc1. The minimum atomic E-state index is -0.355. The Kier molecular flexibility index (Phi) is 6.08. The predicted octanol–water partition coefficient (Wildman–Crippen LogP) is 5.16. The second-order valence-electron chi connectivity index (χ2n) is 6.14. The van der Waals surface area contributed by atoms with E-state index in [4.69, 9.17) is 0 Å². The molecular weight excluding hydrogens is 388 g/mol. The van der Waals surface area contributed by atoms with Crippen molar-refractivity contribution < 1.29 is 4.79 Å². The third kappa shape index (κ3) is 4.73. The molecule has 0 heterocycles. The molecular formula is C22H21BrN2O. The number of carbonyl (C=O) groups is 1. The molecule has 2 N–H and O–H groups in total. The summed E-state index contributed by atoms with van der Waals surface area (Å²) in [4.78, 5) is 12.8. The second kappa shape index (κ2) is 8.68. The Bertz CT molecular complexity index is 796. The lowest BCUT2D eigenvalue weighted by molar-refractivity contribution is -0.122. The van der Waals surface area contributed by atoms with Crippen LogP contribution >= 0.6 is 15.9 Å². The standard InChI is InChI=1S/C22H21BrN2O/c1-16(24-20-14-12-19(23)13-15-20)22(26)25-21(17-8-4-2-5-9-17)18-10-6-3-7-11-18/h2-16,21,24H,1H3,(H,25,26)/t16-/m0/s1. The number of benzene rings is 3. The van der Waals surface area contributed by atoms with Crippen LogP contribution in [0.3, 0.4) is 0 Å². The van der Waals surface area contributed by atoms with Gasteiger partial charge < -0.3 is 10.6 Å². The molecule has 0 aliphatic heterocycles. The van der Waals surface area contributed by atoms with E-state index in [-0.39, 0.29) is 18.0 Å². The number of rotatable bonds is 6. The van der Waals surface area contributed by atoms with Crippen LogP contribution in [-0.4, -0.2) is 11.9 Å². The van der Waals surface area contributed by atoms with Crippen LogP contribution < -0.4 is 10.6 Å². The van der Waals surface area contributed by atoms with Crippen LogP contribution in [0.5, 0.6) is 0 Å². The van der Waals surface area contributed by atoms with Crippen molar-refractivity contribution in [2.75, 3.05) is 5.32 Å². The fourth-order valence-electron chi connectivity index (χ4n) is 2.78. The van der Waals surface area contributed by atoms with Gasteiger partial charge >= 0.3 is 0 Å². The molecule has 0 aliphatic rings. The van der Waals surface area contributed by atoms with E-state index in [1.807, 2.05) is 91.9 Å². The summed E-state index contributed by atoms with van der Waals surface area (Å²) in [6.07, 6.45) is 0. The number of hydrogen-bond acceptors (Lipinski definition) is 2. The third-order valence-corrected chi connectivity index (χ3v) is 4.70. The fourth-order valence-corrected chi connectivity index (χ4v) is 3.04. The van der Waals surface area contributed by atoms with Crippen LogP contribution in [0.4, 0.5) is 5.69 Å². The first-order valence-corrected chi connectivity index (χ1v) is 9.35. The highest BCUT2D eigenvalue weighted by Crippen LogP contribution is 2.22. The average Bonchev–Trinajstić information content (AvgIpc) is 2.69. The van der Waals surface area contributed by atoms with Gasteiger partial charge in [-0.3, -0.25) is 4.79 Å². The fraction of sp³-hybridized carbons (Fsp3) is 0.136. The zero-order valence-electron chi connectivity index (χ0n) is 14.5. The Morgan fingerprint density at radius 1 is 0.808 bits per heavy atom. The van der Waals surface area contributed by atoms with E-state index in [1.165, 1.54) is 0 Å². The maximum absolute atomic E-state index is 12.8. The van der Waals surface area contributed by atoms with Crippen LogP contribution in [0.15, 0.2) is 89.4 Å². The van der Waals surface area contributed by atoms with Crippen molar-refractivity contribution in [3.63, 3.8) is 0 Å². The van der Waals surface area contributed by atoms with Gasteiger partial charge in [0.15, 0.2) is 0 Å². The molecule has 1 atom stereocenters. The van der Waals surface area contributed by atoms with Gasteiger partial charge in [0.2, 0.25) is 5.91 Å². The summed E-state index contributed by atoms with van der Waals surface area (Å²) in [5, 5.41) is 6.41. The van der Waals surface area contributed by atoms with E-state index < -0.39 is 0 Å². The molecule has 4 heteroatoms. The van der Waals surface area contributed by atoms with Gasteiger partial charge in [-0.25, -0.2) is 0 Å². The molecule has 132 valence electrons. The van der Waals surface area contributed by atoms with E-state index >= 15 is 0 Å². The van der Waals surface area contributed by atoms with Crippen molar-refractivity contribution in [2.24, 2.45) is 0 Å². The molecule has 0 fully saturated rings. The molecule has 3 aromatic carbocycles. The van der Waals surface area contributed by atoms with Crippen molar-refractivity contribution in [3.8, 4) is 0 Å². The molecule has 0 saturated heterocycles. The maximum atomic E-state index is 12.8. The number of carbonyl (C=O) groups excluding carboxylic acids is 1. The summed E-state index contributed by atoms with van der Waals surface area (Å²) >= 11 is 3.42. The number of halogens is 1. The molecule has 1 amide bonds. The molecule has 0 aliphatic carbocycles. The number of hydrogen-bond donors (Lipinski definition) is 2. The Balaban J connectivity index is 1.75. The lowest BCUT2D eigenvalue weighted by Gasteiger charge is -2.23. The first kappa shape index (κ1) is 18.2. The van der Waals surface area contributed by atoms with Gasteiger partial charge in [0.05, 0.1) is 6.04 Å². The van der Waals surface area contributed by atoms with Crippen molar-refractivity contribution in [2.45, 2.75) is 19.0 Å². The molecule has 0 unspecified atom stereocenters. The van der Waals surface area contributed by atoms with Crippen molar-refractivity contribution in [1.82, 2.24) is 5.32 Å². The zero-order valence-corrected chi connectivity index (χ0v) is 16.1. The summed E-state index contributed by atoms with van der Waals surface area (Å²) in [6.45, 7) is 1.87. The highest BCUT2D eigenvalue weighted by Gasteiger charge is 2.20. The number of anilines is 1. The highest BCUT2D eigenvalue weighted by molar-refractivity contribution is 9.10. The van der Waals surface area contributed by atoms with Gasteiger partial charge in [0, 0.05) is 10.2 Å². The van der Waals surface area contributed by atoms with Gasteiger partial charge in [-0.15, -0.1) is 0 Å². The molecule has 0 saturated carbocycles. The average molecular weight is 409 g/mol. The molecule has 26 heavy (non-hydrogen) atoms. The molecule has 0 bridgehead atoms. The van der Waals surface area contributed by atoms with Crippen LogP contribution in [0, 0.1) is 0 Å². The molecule has 0 spiro atoms. The molecule has 3 nitrogen and oxygen atoms in total. The quantitative estimate of drug-likeness (QED) is 0.591. The van der Waals surface area contributed by atoms with Crippen molar-refractivity contribution in [1.29, 1.82) is 0 Å². The van der Waals surface area contributed by atoms with Crippen LogP contribution in [0.25, 0.3) is 0 Å². The number of amides is 1. The summed E-state index contributed by atoms with van der Waals surface area (Å²) in [6, 6.07) is 27.3. The minimum absolute atomic E-state index is 0.0503. The van der Waals surface area contributed by atoms with Crippen LogP contribution in [0.1, 0.15) is 24.1 Å². The Hall–Kier alpha value is -2.59. The van der Waals surface area contributed by atoms with E-state index in [0.717, 1.165) is 21.3 Å². The summed E-state index contributed by atoms with van der Waals surface area (Å²) in [7, 11) is 0. The molecule has 0 aromatic heterocycles. The van der Waals surface area contributed by atoms with E-state index in [1.54, 1.807) is 0 Å². The van der Waals surface area contributed by atoms with Gasteiger partial charge in [0.25, 0.3) is 0 Å². The van der Waals surface area contributed by atoms with Crippen molar-refractivity contribution in [3.05, 3.63) is 101 Å². The Morgan fingerprint density at radius 3 is 1.81 bits per heavy atom. The summed E-state index contributed by atoms with van der Waals surface area (Å²) in [5.74, 6) is -0.0503.